The van der Waals surface area contributed by atoms with Crippen LogP contribution >= 0.6 is 0 Å². The average Bonchev–Trinajstić information content (AvgIpc) is 2.46. The molecular formula is C18H23NO. The summed E-state index contributed by atoms with van der Waals surface area (Å²) in [7, 11) is 0. The molecule has 0 heterocycles. The molecule has 2 nitrogen and oxygen atoms in total. The molecule has 1 N–H and O–H groups in total. The molecular weight excluding hydrogens is 246 g/mol. The minimum Gasteiger partial charge on any atom is -0.489 e. The van der Waals surface area contributed by atoms with Crippen LogP contribution in [0.5, 0.6) is 5.75 Å². The smallest absolute Gasteiger partial charge is 0.120 e. The molecule has 0 radical (unpaired) electrons. The van der Waals surface area contributed by atoms with E-state index >= 15 is 0 Å². The third-order valence-corrected chi connectivity index (χ3v) is 3.03. The Labute approximate surface area is 121 Å². The molecule has 0 aromatic heterocycles. The third kappa shape index (κ3) is 5.06. The van der Waals surface area contributed by atoms with Gasteiger partial charge in [0.25, 0.3) is 0 Å². The van der Waals surface area contributed by atoms with Crippen LogP contribution in [0.2, 0.25) is 0 Å². The molecule has 2 heteroatoms. The highest BCUT2D eigenvalue weighted by Gasteiger charge is 1.99. The summed E-state index contributed by atoms with van der Waals surface area (Å²) in [6.07, 6.45) is 0. The lowest BCUT2D eigenvalue weighted by atomic mass is 10.2. The van der Waals surface area contributed by atoms with Crippen molar-refractivity contribution in [2.24, 2.45) is 5.92 Å². The van der Waals surface area contributed by atoms with Gasteiger partial charge in [-0.15, -0.1) is 0 Å². The maximum atomic E-state index is 5.83. The van der Waals surface area contributed by atoms with Crippen molar-refractivity contribution in [2.75, 3.05) is 6.54 Å². The summed E-state index contributed by atoms with van der Waals surface area (Å²) < 4.78 is 5.83. The molecule has 0 fully saturated rings. The van der Waals surface area contributed by atoms with Crippen LogP contribution in [0.1, 0.15) is 25.0 Å². The average molecular weight is 269 g/mol. The molecule has 0 saturated carbocycles. The van der Waals surface area contributed by atoms with Crippen molar-refractivity contribution < 1.29 is 4.74 Å². The summed E-state index contributed by atoms with van der Waals surface area (Å²) in [5, 5.41) is 3.45. The van der Waals surface area contributed by atoms with Gasteiger partial charge < -0.3 is 10.1 Å². The van der Waals surface area contributed by atoms with Crippen molar-refractivity contribution in [2.45, 2.75) is 27.0 Å². The molecule has 20 heavy (non-hydrogen) atoms. The van der Waals surface area contributed by atoms with Crippen LogP contribution in [0, 0.1) is 5.92 Å². The minimum atomic E-state index is 0.615. The Morgan fingerprint density at radius 3 is 2.45 bits per heavy atom. The topological polar surface area (TPSA) is 21.3 Å². The van der Waals surface area contributed by atoms with E-state index in [-0.39, 0.29) is 0 Å². The highest BCUT2D eigenvalue weighted by molar-refractivity contribution is 5.29. The van der Waals surface area contributed by atoms with Gasteiger partial charge >= 0.3 is 0 Å². The van der Waals surface area contributed by atoms with Crippen LogP contribution in [0.3, 0.4) is 0 Å². The second kappa shape index (κ2) is 7.71. The zero-order valence-corrected chi connectivity index (χ0v) is 12.3. The number of ether oxygens (including phenoxy) is 1. The van der Waals surface area contributed by atoms with Crippen LogP contribution in [0.4, 0.5) is 0 Å². The van der Waals surface area contributed by atoms with Gasteiger partial charge in [0.15, 0.2) is 0 Å². The number of hydrogen-bond acceptors (Lipinski definition) is 2. The van der Waals surface area contributed by atoms with Gasteiger partial charge in [-0.1, -0.05) is 56.3 Å². The molecule has 0 spiro atoms. The summed E-state index contributed by atoms with van der Waals surface area (Å²) in [5.74, 6) is 1.60. The van der Waals surface area contributed by atoms with Crippen molar-refractivity contribution >= 4 is 0 Å². The van der Waals surface area contributed by atoms with E-state index in [0.29, 0.717) is 12.5 Å². The van der Waals surface area contributed by atoms with Gasteiger partial charge in [-0.3, -0.25) is 0 Å². The van der Waals surface area contributed by atoms with Gasteiger partial charge in [-0.25, -0.2) is 0 Å². The van der Waals surface area contributed by atoms with Crippen LogP contribution in [-0.4, -0.2) is 6.54 Å². The Morgan fingerprint density at radius 2 is 1.70 bits per heavy atom. The Morgan fingerprint density at radius 1 is 0.950 bits per heavy atom. The van der Waals surface area contributed by atoms with Gasteiger partial charge in [0, 0.05) is 6.54 Å². The number of benzene rings is 2. The fraction of sp³-hybridized carbons (Fsp3) is 0.333. The quantitative estimate of drug-likeness (QED) is 0.820. The first-order valence-corrected chi connectivity index (χ1v) is 7.20. The lowest BCUT2D eigenvalue weighted by Crippen LogP contribution is -2.18. The van der Waals surface area contributed by atoms with Crippen molar-refractivity contribution in [3.8, 4) is 5.75 Å². The Bertz CT molecular complexity index is 508. The van der Waals surface area contributed by atoms with E-state index in [1.165, 1.54) is 11.1 Å². The Hall–Kier alpha value is -1.80. The zero-order valence-electron chi connectivity index (χ0n) is 12.3. The molecule has 0 aliphatic heterocycles. The fourth-order valence-electron chi connectivity index (χ4n) is 1.99. The van der Waals surface area contributed by atoms with Crippen LogP contribution < -0.4 is 10.1 Å². The normalized spacial score (nSPS) is 10.8. The molecule has 0 aliphatic rings. The number of nitrogens with one attached hydrogen (secondary N) is 1. The standard InChI is InChI=1S/C18H23NO/c1-15(2)12-19-13-17-9-6-10-18(11-17)20-14-16-7-4-3-5-8-16/h3-11,15,19H,12-14H2,1-2H3. The molecule has 0 aliphatic carbocycles. The predicted molar refractivity (Wildman–Crippen MR) is 83.8 cm³/mol. The second-order valence-corrected chi connectivity index (χ2v) is 5.45. The Balaban J connectivity index is 1.86. The summed E-state index contributed by atoms with van der Waals surface area (Å²) in [5.41, 5.74) is 2.45. The Kier molecular flexibility index (Phi) is 5.63. The summed E-state index contributed by atoms with van der Waals surface area (Å²) in [6.45, 7) is 6.97. The number of rotatable bonds is 7. The highest BCUT2D eigenvalue weighted by Crippen LogP contribution is 2.15. The first-order valence-electron chi connectivity index (χ1n) is 7.20. The molecule has 0 atom stereocenters. The largest absolute Gasteiger partial charge is 0.489 e. The van der Waals surface area contributed by atoms with Crippen molar-refractivity contribution in [1.82, 2.24) is 5.32 Å². The molecule has 2 aromatic carbocycles. The van der Waals surface area contributed by atoms with Crippen LogP contribution in [-0.2, 0) is 13.2 Å². The molecule has 106 valence electrons. The van der Waals surface area contributed by atoms with Gasteiger partial charge in [-0.2, -0.15) is 0 Å². The second-order valence-electron chi connectivity index (χ2n) is 5.45. The van der Waals surface area contributed by atoms with Crippen LogP contribution in [0.15, 0.2) is 54.6 Å². The lowest BCUT2D eigenvalue weighted by Gasteiger charge is -2.10. The van der Waals surface area contributed by atoms with E-state index in [0.717, 1.165) is 18.8 Å². The zero-order chi connectivity index (χ0) is 14.2. The molecule has 0 saturated heterocycles. The molecule has 2 aromatic rings. The van der Waals surface area contributed by atoms with Gasteiger partial charge in [0.1, 0.15) is 12.4 Å². The van der Waals surface area contributed by atoms with E-state index in [9.17, 15) is 0 Å². The third-order valence-electron chi connectivity index (χ3n) is 3.03. The monoisotopic (exact) mass is 269 g/mol. The van der Waals surface area contributed by atoms with Crippen molar-refractivity contribution in [3.63, 3.8) is 0 Å². The summed E-state index contributed by atoms with van der Waals surface area (Å²) in [4.78, 5) is 0. The molecule has 0 bridgehead atoms. The van der Waals surface area contributed by atoms with E-state index in [1.54, 1.807) is 0 Å². The molecule has 2 rings (SSSR count). The molecule has 0 unspecified atom stereocenters. The summed E-state index contributed by atoms with van der Waals surface area (Å²) in [6, 6.07) is 18.5. The lowest BCUT2D eigenvalue weighted by molar-refractivity contribution is 0.306. The molecule has 0 amide bonds. The SMILES string of the molecule is CC(C)CNCc1cccc(OCc2ccccc2)c1. The maximum absolute atomic E-state index is 5.83. The highest BCUT2D eigenvalue weighted by atomic mass is 16.5. The van der Waals surface area contributed by atoms with E-state index in [4.69, 9.17) is 4.74 Å². The van der Waals surface area contributed by atoms with E-state index < -0.39 is 0 Å². The van der Waals surface area contributed by atoms with Crippen molar-refractivity contribution in [1.29, 1.82) is 0 Å². The number of hydrogen-bond donors (Lipinski definition) is 1. The van der Waals surface area contributed by atoms with E-state index in [1.807, 2.05) is 30.3 Å². The maximum Gasteiger partial charge on any atom is 0.120 e. The first-order chi connectivity index (χ1) is 9.74. The minimum absolute atomic E-state index is 0.615. The summed E-state index contributed by atoms with van der Waals surface area (Å²) >= 11 is 0. The van der Waals surface area contributed by atoms with E-state index in [2.05, 4.69) is 43.4 Å². The fourth-order valence-corrected chi connectivity index (χ4v) is 1.99. The predicted octanol–water partition coefficient (Wildman–Crippen LogP) is 4.01. The van der Waals surface area contributed by atoms with Gasteiger partial charge in [0.2, 0.25) is 0 Å². The van der Waals surface area contributed by atoms with Gasteiger partial charge in [-0.05, 0) is 35.7 Å². The van der Waals surface area contributed by atoms with Gasteiger partial charge in [0.05, 0.1) is 0 Å². The van der Waals surface area contributed by atoms with Crippen molar-refractivity contribution in [3.05, 3.63) is 65.7 Å². The van der Waals surface area contributed by atoms with Crippen LogP contribution in [0.25, 0.3) is 0 Å². The first kappa shape index (κ1) is 14.6.